The van der Waals surface area contributed by atoms with Gasteiger partial charge in [0.15, 0.2) is 22.8 Å². The Morgan fingerprint density at radius 3 is 2.52 bits per heavy atom. The summed E-state index contributed by atoms with van der Waals surface area (Å²) >= 11 is 0. The van der Waals surface area contributed by atoms with Gasteiger partial charge < -0.3 is 19.7 Å². The first-order valence-electron chi connectivity index (χ1n) is 10.8. The molecular formula is C24H24N6O3. The van der Waals surface area contributed by atoms with Crippen LogP contribution in [0.3, 0.4) is 0 Å². The number of anilines is 2. The second-order valence-electron chi connectivity index (χ2n) is 7.75. The molecule has 168 valence electrons. The molecule has 1 aliphatic heterocycles. The lowest BCUT2D eigenvalue weighted by atomic mass is 10.1. The van der Waals surface area contributed by atoms with E-state index in [0.29, 0.717) is 23.0 Å². The Bertz CT molecular complexity index is 1300. The van der Waals surface area contributed by atoms with Gasteiger partial charge in [-0.1, -0.05) is 0 Å². The number of fused-ring (bicyclic) bond motifs is 1. The molecular weight excluding hydrogens is 420 g/mol. The molecule has 1 fully saturated rings. The molecule has 9 nitrogen and oxygen atoms in total. The summed E-state index contributed by atoms with van der Waals surface area (Å²) < 4.78 is 12.4. The third-order valence-corrected chi connectivity index (χ3v) is 5.73. The lowest BCUT2D eigenvalue weighted by molar-refractivity contribution is 0.102. The maximum Gasteiger partial charge on any atom is 0.277 e. The summed E-state index contributed by atoms with van der Waals surface area (Å²) in [5.74, 6) is 1.37. The molecule has 0 saturated carbocycles. The van der Waals surface area contributed by atoms with Crippen molar-refractivity contribution in [1.82, 2.24) is 19.6 Å². The molecule has 0 bridgehead atoms. The zero-order valence-electron chi connectivity index (χ0n) is 18.5. The van der Waals surface area contributed by atoms with Crippen LogP contribution in [0.5, 0.6) is 11.5 Å². The molecule has 0 radical (unpaired) electrons. The molecule has 5 rings (SSSR count). The van der Waals surface area contributed by atoms with E-state index < -0.39 is 0 Å². The molecule has 1 saturated heterocycles. The molecule has 3 aromatic heterocycles. The molecule has 9 heteroatoms. The first-order valence-corrected chi connectivity index (χ1v) is 10.8. The van der Waals surface area contributed by atoms with Crippen LogP contribution in [0.2, 0.25) is 0 Å². The van der Waals surface area contributed by atoms with Gasteiger partial charge in [0.1, 0.15) is 5.82 Å². The molecule has 1 N–H and O–H groups in total. The Morgan fingerprint density at radius 2 is 1.79 bits per heavy atom. The predicted molar refractivity (Wildman–Crippen MR) is 125 cm³/mol. The van der Waals surface area contributed by atoms with E-state index in [1.807, 2.05) is 36.4 Å². The molecule has 0 unspecified atom stereocenters. The average Bonchev–Trinajstić information content (AvgIpc) is 3.54. The standard InChI is InChI=1S/C24H24N6O3/c1-32-20-7-5-16(13-21(20)33-2)19-9-10-25-23-14-18(28-30(19)23)24(31)27-22-8-6-17(15-26-22)29-11-3-4-12-29/h5-10,13-15H,3-4,11-12H2,1-2H3,(H,26,27,31). The van der Waals surface area contributed by atoms with Crippen LogP contribution in [0.25, 0.3) is 16.9 Å². The number of hydrogen-bond donors (Lipinski definition) is 1. The number of ether oxygens (including phenoxy) is 2. The Balaban J connectivity index is 1.40. The average molecular weight is 444 g/mol. The number of carbonyl (C=O) groups excluding carboxylic acids is 1. The number of hydrogen-bond acceptors (Lipinski definition) is 7. The minimum absolute atomic E-state index is 0.251. The first kappa shape index (κ1) is 20.7. The number of methoxy groups -OCH3 is 2. The molecule has 4 heterocycles. The second kappa shape index (κ2) is 8.78. The third-order valence-electron chi connectivity index (χ3n) is 5.73. The Kier molecular flexibility index (Phi) is 5.52. The van der Waals surface area contributed by atoms with Crippen molar-refractivity contribution in [1.29, 1.82) is 0 Å². The first-order chi connectivity index (χ1) is 16.2. The summed E-state index contributed by atoms with van der Waals surface area (Å²) in [4.78, 5) is 23.9. The predicted octanol–water partition coefficient (Wildman–Crippen LogP) is 3.66. The number of benzene rings is 1. The highest BCUT2D eigenvalue weighted by Crippen LogP contribution is 2.32. The van der Waals surface area contributed by atoms with E-state index in [4.69, 9.17) is 9.47 Å². The van der Waals surface area contributed by atoms with Crippen molar-refractivity contribution < 1.29 is 14.3 Å². The van der Waals surface area contributed by atoms with E-state index in [1.165, 1.54) is 12.8 Å². The Morgan fingerprint density at radius 1 is 0.970 bits per heavy atom. The fraction of sp³-hybridized carbons (Fsp3) is 0.250. The van der Waals surface area contributed by atoms with Crippen molar-refractivity contribution in [2.24, 2.45) is 0 Å². The monoisotopic (exact) mass is 444 g/mol. The van der Waals surface area contributed by atoms with Crippen molar-refractivity contribution >= 4 is 23.1 Å². The summed E-state index contributed by atoms with van der Waals surface area (Å²) in [5.41, 5.74) is 3.51. The summed E-state index contributed by atoms with van der Waals surface area (Å²) in [5, 5.41) is 7.32. The van der Waals surface area contributed by atoms with Crippen molar-refractivity contribution in [2.45, 2.75) is 12.8 Å². The minimum atomic E-state index is -0.347. The van der Waals surface area contributed by atoms with Gasteiger partial charge in [-0.2, -0.15) is 5.10 Å². The van der Waals surface area contributed by atoms with Crippen LogP contribution in [-0.4, -0.2) is 52.8 Å². The van der Waals surface area contributed by atoms with Gasteiger partial charge in [-0.3, -0.25) is 4.79 Å². The number of amides is 1. The lowest BCUT2D eigenvalue weighted by Crippen LogP contribution is -2.18. The zero-order valence-corrected chi connectivity index (χ0v) is 18.5. The second-order valence-corrected chi connectivity index (χ2v) is 7.75. The van der Waals surface area contributed by atoms with Crippen LogP contribution in [0.15, 0.2) is 54.9 Å². The summed E-state index contributed by atoms with van der Waals surface area (Å²) in [6.45, 7) is 2.09. The molecule has 1 amide bonds. The van der Waals surface area contributed by atoms with Gasteiger partial charge in [0, 0.05) is 30.9 Å². The molecule has 1 aromatic carbocycles. The minimum Gasteiger partial charge on any atom is -0.493 e. The summed E-state index contributed by atoms with van der Waals surface area (Å²) in [6, 6.07) is 12.9. The maximum atomic E-state index is 12.9. The van der Waals surface area contributed by atoms with Crippen LogP contribution >= 0.6 is 0 Å². The van der Waals surface area contributed by atoms with E-state index in [2.05, 4.69) is 25.3 Å². The summed E-state index contributed by atoms with van der Waals surface area (Å²) in [6.07, 6.45) is 5.88. The van der Waals surface area contributed by atoms with Crippen molar-refractivity contribution in [3.05, 3.63) is 60.6 Å². The Hall–Kier alpha value is -4.14. The fourth-order valence-electron chi connectivity index (χ4n) is 4.02. The largest absolute Gasteiger partial charge is 0.493 e. The van der Waals surface area contributed by atoms with Crippen molar-refractivity contribution in [3.8, 4) is 22.8 Å². The van der Waals surface area contributed by atoms with Crippen molar-refractivity contribution in [3.63, 3.8) is 0 Å². The number of rotatable bonds is 6. The molecule has 33 heavy (non-hydrogen) atoms. The van der Waals surface area contributed by atoms with Crippen LogP contribution in [0, 0.1) is 0 Å². The molecule has 4 aromatic rings. The van der Waals surface area contributed by atoms with Gasteiger partial charge in [0.2, 0.25) is 0 Å². The highest BCUT2D eigenvalue weighted by atomic mass is 16.5. The number of nitrogens with one attached hydrogen (secondary N) is 1. The number of pyridine rings is 1. The Labute approximate surface area is 191 Å². The number of carbonyl (C=O) groups is 1. The third kappa shape index (κ3) is 4.05. The van der Waals surface area contributed by atoms with E-state index in [1.54, 1.807) is 37.2 Å². The van der Waals surface area contributed by atoms with Gasteiger partial charge >= 0.3 is 0 Å². The fourth-order valence-corrected chi connectivity index (χ4v) is 4.02. The van der Waals surface area contributed by atoms with Gasteiger partial charge in [-0.15, -0.1) is 0 Å². The van der Waals surface area contributed by atoms with E-state index in [0.717, 1.165) is 30.0 Å². The van der Waals surface area contributed by atoms with Crippen LogP contribution in [-0.2, 0) is 0 Å². The molecule has 0 atom stereocenters. The SMILES string of the molecule is COc1ccc(-c2ccnc3cc(C(=O)Nc4ccc(N5CCCC5)cn4)nn23)cc1OC. The van der Waals surface area contributed by atoms with Gasteiger partial charge in [-0.05, 0) is 49.2 Å². The molecule has 1 aliphatic rings. The lowest BCUT2D eigenvalue weighted by Gasteiger charge is -2.17. The number of aromatic nitrogens is 4. The smallest absolute Gasteiger partial charge is 0.277 e. The van der Waals surface area contributed by atoms with Crippen LogP contribution < -0.4 is 19.7 Å². The topological polar surface area (TPSA) is 93.9 Å². The van der Waals surface area contributed by atoms with E-state index in [9.17, 15) is 4.79 Å². The van der Waals surface area contributed by atoms with Crippen molar-refractivity contribution in [2.75, 3.05) is 37.5 Å². The van der Waals surface area contributed by atoms with E-state index in [-0.39, 0.29) is 11.6 Å². The molecule has 0 aliphatic carbocycles. The highest BCUT2D eigenvalue weighted by Gasteiger charge is 2.17. The van der Waals surface area contributed by atoms with E-state index >= 15 is 0 Å². The highest BCUT2D eigenvalue weighted by molar-refractivity contribution is 6.03. The van der Waals surface area contributed by atoms with Gasteiger partial charge in [0.05, 0.1) is 31.8 Å². The van der Waals surface area contributed by atoms with Gasteiger partial charge in [0.25, 0.3) is 5.91 Å². The summed E-state index contributed by atoms with van der Waals surface area (Å²) in [7, 11) is 3.18. The quantitative estimate of drug-likeness (QED) is 0.485. The van der Waals surface area contributed by atoms with Crippen LogP contribution in [0.1, 0.15) is 23.3 Å². The van der Waals surface area contributed by atoms with Gasteiger partial charge in [-0.25, -0.2) is 14.5 Å². The zero-order chi connectivity index (χ0) is 22.8. The maximum absolute atomic E-state index is 12.9. The van der Waals surface area contributed by atoms with Crippen LogP contribution in [0.4, 0.5) is 11.5 Å². The normalized spacial score (nSPS) is 13.3. The number of nitrogens with zero attached hydrogens (tertiary/aromatic N) is 5. The molecule has 0 spiro atoms.